The number of benzene rings is 3. The number of esters is 1. The maximum absolute atomic E-state index is 13.0. The number of fused-ring (bicyclic) bond motifs is 1. The van der Waals surface area contributed by atoms with Crippen molar-refractivity contribution in [1.29, 1.82) is 0 Å². The van der Waals surface area contributed by atoms with Crippen molar-refractivity contribution in [2.24, 2.45) is 0 Å². The first kappa shape index (κ1) is 23.5. The minimum absolute atomic E-state index is 0.00637. The number of nitro benzene ring substituents is 1. The smallest absolute Gasteiger partial charge is 0.338 e. The maximum Gasteiger partial charge on any atom is 0.338 e. The Hall–Kier alpha value is -3.70. The van der Waals surface area contributed by atoms with Gasteiger partial charge in [0.25, 0.3) is 17.5 Å². The Morgan fingerprint density at radius 1 is 0.882 bits per heavy atom. The Bertz CT molecular complexity index is 1390. The molecule has 0 fully saturated rings. The van der Waals surface area contributed by atoms with E-state index >= 15 is 0 Å². The number of hydrogen-bond acceptors (Lipinski definition) is 7. The second-order valence-electron chi connectivity index (χ2n) is 7.11. The number of ether oxygens (including phenoxy) is 1. The molecule has 3 aromatic rings. The first-order valence-corrected chi connectivity index (χ1v) is 11.2. The van der Waals surface area contributed by atoms with Crippen molar-refractivity contribution in [1.82, 2.24) is 0 Å². The maximum atomic E-state index is 13.0. The average molecular weight is 588 g/mol. The van der Waals surface area contributed by atoms with Crippen molar-refractivity contribution in [3.8, 4) is 0 Å². The number of nitro groups is 1. The fraction of sp³-hybridized carbons (Fsp3) is 0.0435. The van der Waals surface area contributed by atoms with E-state index in [9.17, 15) is 29.3 Å². The number of carbonyl (C=O) groups excluding carboxylic acids is 4. The number of ketones is 1. The molecule has 1 aliphatic heterocycles. The van der Waals surface area contributed by atoms with Crippen LogP contribution in [0.3, 0.4) is 0 Å². The van der Waals surface area contributed by atoms with Crippen LogP contribution in [0.4, 0.5) is 11.4 Å². The standard InChI is InChI=1S/C23H12Br2N2O7/c24-14-4-1-12(2-5-14)20(28)11-34-23(31)13-3-7-16-17(9-13)22(30)26(21(16)29)19-8-6-15(27(32)33)10-18(19)25/h1-10H,11H2. The normalized spacial score (nSPS) is 12.5. The molecule has 0 radical (unpaired) electrons. The predicted molar refractivity (Wildman–Crippen MR) is 127 cm³/mol. The fourth-order valence-electron chi connectivity index (χ4n) is 3.31. The number of carbonyl (C=O) groups is 4. The number of amides is 2. The molecule has 170 valence electrons. The fourth-order valence-corrected chi connectivity index (χ4v) is 4.12. The van der Waals surface area contributed by atoms with Gasteiger partial charge in [0.1, 0.15) is 0 Å². The quantitative estimate of drug-likeness (QED) is 0.131. The summed E-state index contributed by atoms with van der Waals surface area (Å²) in [4.78, 5) is 61.7. The molecule has 34 heavy (non-hydrogen) atoms. The molecule has 0 bridgehead atoms. The highest BCUT2D eigenvalue weighted by Gasteiger charge is 2.38. The van der Waals surface area contributed by atoms with Gasteiger partial charge in [0, 0.05) is 26.6 Å². The summed E-state index contributed by atoms with van der Waals surface area (Å²) in [6, 6.07) is 14.1. The van der Waals surface area contributed by atoms with E-state index in [-0.39, 0.29) is 32.5 Å². The lowest BCUT2D eigenvalue weighted by Crippen LogP contribution is -2.29. The van der Waals surface area contributed by atoms with Crippen molar-refractivity contribution in [2.45, 2.75) is 0 Å². The van der Waals surface area contributed by atoms with Crippen LogP contribution in [0.25, 0.3) is 0 Å². The van der Waals surface area contributed by atoms with Crippen molar-refractivity contribution in [3.63, 3.8) is 0 Å². The SMILES string of the molecule is O=C(COC(=O)c1ccc2c(c1)C(=O)N(c1ccc([N+](=O)[O-])cc1Br)C2=O)c1ccc(Br)cc1. The molecule has 0 unspecified atom stereocenters. The van der Waals surface area contributed by atoms with Crippen LogP contribution < -0.4 is 4.90 Å². The van der Waals surface area contributed by atoms with Gasteiger partial charge in [0.2, 0.25) is 0 Å². The minimum Gasteiger partial charge on any atom is -0.454 e. The van der Waals surface area contributed by atoms with Crippen LogP contribution in [-0.2, 0) is 4.74 Å². The third kappa shape index (κ3) is 4.39. The van der Waals surface area contributed by atoms with Gasteiger partial charge in [0.15, 0.2) is 12.4 Å². The van der Waals surface area contributed by atoms with Crippen molar-refractivity contribution in [2.75, 3.05) is 11.5 Å². The second kappa shape index (κ2) is 9.27. The molecule has 0 aliphatic carbocycles. The summed E-state index contributed by atoms with van der Waals surface area (Å²) >= 11 is 6.43. The summed E-state index contributed by atoms with van der Waals surface area (Å²) in [5, 5.41) is 11.0. The van der Waals surface area contributed by atoms with Gasteiger partial charge in [0.05, 0.1) is 27.3 Å². The van der Waals surface area contributed by atoms with Gasteiger partial charge in [-0.05, 0) is 52.3 Å². The van der Waals surface area contributed by atoms with E-state index in [2.05, 4.69) is 31.9 Å². The summed E-state index contributed by atoms with van der Waals surface area (Å²) in [5.41, 5.74) is 0.320. The Kier molecular flexibility index (Phi) is 6.40. The van der Waals surface area contributed by atoms with E-state index in [0.29, 0.717) is 5.56 Å². The zero-order valence-corrected chi connectivity index (χ0v) is 20.2. The lowest BCUT2D eigenvalue weighted by Gasteiger charge is -2.15. The molecule has 0 saturated carbocycles. The van der Waals surface area contributed by atoms with Crippen LogP contribution in [0.2, 0.25) is 0 Å². The molecule has 0 aromatic heterocycles. The zero-order chi connectivity index (χ0) is 24.6. The van der Waals surface area contributed by atoms with Crippen molar-refractivity contribution in [3.05, 3.63) is 102 Å². The first-order valence-electron chi connectivity index (χ1n) is 9.60. The monoisotopic (exact) mass is 586 g/mol. The summed E-state index contributed by atoms with van der Waals surface area (Å²) < 4.78 is 6.06. The Labute approximate surface area is 208 Å². The van der Waals surface area contributed by atoms with Crippen molar-refractivity contribution >= 4 is 66.8 Å². The predicted octanol–water partition coefficient (Wildman–Crippen LogP) is 4.96. The molecule has 11 heteroatoms. The third-order valence-corrected chi connectivity index (χ3v) is 6.17. The van der Waals surface area contributed by atoms with Gasteiger partial charge in [-0.25, -0.2) is 9.69 Å². The number of Topliss-reactive ketones (excluding diaryl/α,β-unsaturated/α-hetero) is 1. The van der Waals surface area contributed by atoms with Crippen LogP contribution in [0.5, 0.6) is 0 Å². The molecule has 9 nitrogen and oxygen atoms in total. The molecule has 4 rings (SSSR count). The zero-order valence-electron chi connectivity index (χ0n) is 17.0. The highest BCUT2D eigenvalue weighted by molar-refractivity contribution is 9.10. The lowest BCUT2D eigenvalue weighted by atomic mass is 10.1. The lowest BCUT2D eigenvalue weighted by molar-refractivity contribution is -0.384. The molecular formula is C23H12Br2N2O7. The summed E-state index contributed by atoms with van der Waals surface area (Å²) in [5.74, 6) is -2.57. The third-order valence-electron chi connectivity index (χ3n) is 5.01. The van der Waals surface area contributed by atoms with E-state index < -0.39 is 35.1 Å². The second-order valence-corrected chi connectivity index (χ2v) is 8.88. The molecule has 2 amide bonds. The van der Waals surface area contributed by atoms with Crippen LogP contribution in [0, 0.1) is 10.1 Å². The largest absolute Gasteiger partial charge is 0.454 e. The van der Waals surface area contributed by atoms with Crippen LogP contribution in [0.15, 0.2) is 69.6 Å². The molecule has 0 N–H and O–H groups in total. The van der Waals surface area contributed by atoms with Crippen LogP contribution in [0.1, 0.15) is 41.4 Å². The van der Waals surface area contributed by atoms with E-state index in [0.717, 1.165) is 9.37 Å². The minimum atomic E-state index is -0.830. The Balaban J connectivity index is 1.53. The topological polar surface area (TPSA) is 124 Å². The number of rotatable bonds is 6. The number of imide groups is 1. The molecule has 0 atom stereocenters. The van der Waals surface area contributed by atoms with E-state index in [1.807, 2.05) is 0 Å². The average Bonchev–Trinajstić information content (AvgIpc) is 3.07. The van der Waals surface area contributed by atoms with Gasteiger partial charge in [-0.2, -0.15) is 0 Å². The van der Waals surface area contributed by atoms with E-state index in [1.54, 1.807) is 24.3 Å². The molecule has 1 heterocycles. The molecule has 1 aliphatic rings. The molecular weight excluding hydrogens is 576 g/mol. The van der Waals surface area contributed by atoms with E-state index in [4.69, 9.17) is 4.74 Å². The van der Waals surface area contributed by atoms with Crippen molar-refractivity contribution < 1.29 is 28.8 Å². The summed E-state index contributed by atoms with van der Waals surface area (Å²) in [6.07, 6.45) is 0. The number of hydrogen-bond donors (Lipinski definition) is 0. The first-order chi connectivity index (χ1) is 16.2. The number of non-ortho nitro benzene ring substituents is 1. The van der Waals surface area contributed by atoms with Crippen LogP contribution in [-0.4, -0.2) is 35.1 Å². The van der Waals surface area contributed by atoms with Crippen LogP contribution >= 0.6 is 31.9 Å². The van der Waals surface area contributed by atoms with Gasteiger partial charge >= 0.3 is 5.97 Å². The van der Waals surface area contributed by atoms with Gasteiger partial charge in [-0.1, -0.05) is 28.1 Å². The highest BCUT2D eigenvalue weighted by atomic mass is 79.9. The summed E-state index contributed by atoms with van der Waals surface area (Å²) in [7, 11) is 0. The number of halogens is 2. The molecule has 0 spiro atoms. The molecule has 0 saturated heterocycles. The van der Waals surface area contributed by atoms with Gasteiger partial charge in [-0.3, -0.25) is 24.5 Å². The Morgan fingerprint density at radius 3 is 2.18 bits per heavy atom. The molecule has 3 aromatic carbocycles. The number of anilines is 1. The van der Waals surface area contributed by atoms with Gasteiger partial charge < -0.3 is 4.74 Å². The Morgan fingerprint density at radius 2 is 1.53 bits per heavy atom. The highest BCUT2D eigenvalue weighted by Crippen LogP contribution is 2.35. The number of nitrogens with zero attached hydrogens (tertiary/aromatic N) is 2. The van der Waals surface area contributed by atoms with Gasteiger partial charge in [-0.15, -0.1) is 0 Å². The van der Waals surface area contributed by atoms with E-state index in [1.165, 1.54) is 36.4 Å². The summed E-state index contributed by atoms with van der Waals surface area (Å²) in [6.45, 7) is -0.494.